The third-order valence-electron chi connectivity index (χ3n) is 2.00. The maximum absolute atomic E-state index is 5.64. The van der Waals surface area contributed by atoms with Gasteiger partial charge in [0.1, 0.15) is 0 Å². The second kappa shape index (κ2) is 3.70. The van der Waals surface area contributed by atoms with Crippen molar-refractivity contribution in [2.45, 2.75) is 18.7 Å². The van der Waals surface area contributed by atoms with Gasteiger partial charge in [-0.25, -0.2) is 0 Å². The van der Waals surface area contributed by atoms with Crippen LogP contribution in [-0.2, 0) is 18.7 Å². The number of aryl methyl sites for hydroxylation is 1. The molecule has 12 heavy (non-hydrogen) atoms. The Morgan fingerprint density at radius 3 is 3.00 bits per heavy atom. The summed E-state index contributed by atoms with van der Waals surface area (Å²) in [6.07, 6.45) is 1.23. The normalized spacial score (nSPS) is 16.2. The summed E-state index contributed by atoms with van der Waals surface area (Å²) < 4.78 is 1.28. The van der Waals surface area contributed by atoms with Crippen molar-refractivity contribution in [2.75, 3.05) is 5.75 Å². The van der Waals surface area contributed by atoms with E-state index in [4.69, 9.17) is 5.73 Å². The number of hydrogen-bond donors (Lipinski definition) is 1. The van der Waals surface area contributed by atoms with Gasteiger partial charge in [-0.15, -0.1) is 11.3 Å². The molecular formula is C8H10BrNS2. The third-order valence-corrected chi connectivity index (χ3v) is 5.52. The van der Waals surface area contributed by atoms with Crippen LogP contribution in [-0.4, -0.2) is 5.75 Å². The minimum absolute atomic E-state index is 0.670. The molecule has 2 N–H and O–H groups in total. The summed E-state index contributed by atoms with van der Waals surface area (Å²) >= 11 is 7.50. The van der Waals surface area contributed by atoms with E-state index in [9.17, 15) is 0 Å². The Hall–Kier alpha value is 0.490. The van der Waals surface area contributed by atoms with Gasteiger partial charge < -0.3 is 5.73 Å². The van der Waals surface area contributed by atoms with E-state index in [0.717, 1.165) is 5.75 Å². The third kappa shape index (κ3) is 1.45. The van der Waals surface area contributed by atoms with Crippen molar-refractivity contribution < 1.29 is 0 Å². The zero-order chi connectivity index (χ0) is 8.55. The van der Waals surface area contributed by atoms with E-state index in [1.165, 1.54) is 27.1 Å². The van der Waals surface area contributed by atoms with Gasteiger partial charge in [-0.2, -0.15) is 11.8 Å². The fourth-order valence-electron chi connectivity index (χ4n) is 1.36. The molecule has 1 aromatic rings. The fourth-order valence-corrected chi connectivity index (χ4v) is 4.79. The molecule has 2 rings (SSSR count). The Labute approximate surface area is 88.9 Å². The molecule has 0 saturated heterocycles. The first-order chi connectivity index (χ1) is 5.83. The lowest BCUT2D eigenvalue weighted by atomic mass is 10.2. The second-order valence-electron chi connectivity index (χ2n) is 2.75. The molecule has 1 aromatic heterocycles. The van der Waals surface area contributed by atoms with E-state index in [1.54, 1.807) is 4.88 Å². The molecule has 0 fully saturated rings. The molecule has 0 spiro atoms. The number of rotatable bonds is 1. The Balaban J connectivity index is 2.44. The first-order valence-corrected chi connectivity index (χ1v) is 6.66. The Kier molecular flexibility index (Phi) is 2.79. The standard InChI is InChI=1S/C8H10BrNS2/c9-8-5-4-11-2-1-6(5)12-7(8)3-10/h1-4,10H2. The number of thiophene rings is 1. The molecular weight excluding hydrogens is 254 g/mol. The van der Waals surface area contributed by atoms with Crippen LogP contribution in [0.3, 0.4) is 0 Å². The van der Waals surface area contributed by atoms with Crippen LogP contribution in [0.25, 0.3) is 0 Å². The molecule has 0 aromatic carbocycles. The first kappa shape index (κ1) is 9.06. The number of nitrogens with two attached hydrogens (primary N) is 1. The van der Waals surface area contributed by atoms with E-state index in [1.807, 2.05) is 23.1 Å². The van der Waals surface area contributed by atoms with Gasteiger partial charge in [0.2, 0.25) is 0 Å². The lowest BCUT2D eigenvalue weighted by Gasteiger charge is -2.09. The van der Waals surface area contributed by atoms with Crippen LogP contribution in [0.1, 0.15) is 15.3 Å². The Morgan fingerprint density at radius 1 is 1.50 bits per heavy atom. The van der Waals surface area contributed by atoms with Crippen molar-refractivity contribution in [2.24, 2.45) is 5.73 Å². The molecule has 1 aliphatic heterocycles. The monoisotopic (exact) mass is 263 g/mol. The van der Waals surface area contributed by atoms with Gasteiger partial charge in [0.05, 0.1) is 0 Å². The van der Waals surface area contributed by atoms with Crippen molar-refractivity contribution in [1.82, 2.24) is 0 Å². The van der Waals surface area contributed by atoms with Crippen LogP contribution >= 0.6 is 39.0 Å². The van der Waals surface area contributed by atoms with Crippen molar-refractivity contribution in [1.29, 1.82) is 0 Å². The van der Waals surface area contributed by atoms with E-state index in [-0.39, 0.29) is 0 Å². The molecule has 1 aliphatic rings. The number of halogens is 1. The van der Waals surface area contributed by atoms with Gasteiger partial charge in [-0.1, -0.05) is 0 Å². The fraction of sp³-hybridized carbons (Fsp3) is 0.500. The summed E-state index contributed by atoms with van der Waals surface area (Å²) in [4.78, 5) is 2.85. The molecule has 0 atom stereocenters. The highest BCUT2D eigenvalue weighted by Crippen LogP contribution is 2.38. The second-order valence-corrected chi connectivity index (χ2v) is 5.84. The predicted octanol–water partition coefficient (Wildman–Crippen LogP) is 2.76. The van der Waals surface area contributed by atoms with Gasteiger partial charge in [0, 0.05) is 26.5 Å². The molecule has 2 heterocycles. The van der Waals surface area contributed by atoms with Gasteiger partial charge in [-0.3, -0.25) is 0 Å². The van der Waals surface area contributed by atoms with E-state index < -0.39 is 0 Å². The van der Waals surface area contributed by atoms with Crippen LogP contribution in [0.5, 0.6) is 0 Å². The minimum Gasteiger partial charge on any atom is -0.326 e. The number of hydrogen-bond acceptors (Lipinski definition) is 3. The average molecular weight is 264 g/mol. The predicted molar refractivity (Wildman–Crippen MR) is 59.8 cm³/mol. The first-order valence-electron chi connectivity index (χ1n) is 3.89. The quantitative estimate of drug-likeness (QED) is 0.844. The summed E-state index contributed by atoms with van der Waals surface area (Å²) in [7, 11) is 0. The molecule has 1 nitrogen and oxygen atoms in total. The highest BCUT2D eigenvalue weighted by atomic mass is 79.9. The van der Waals surface area contributed by atoms with Crippen molar-refractivity contribution in [3.05, 3.63) is 19.8 Å². The Morgan fingerprint density at radius 2 is 2.33 bits per heavy atom. The highest BCUT2D eigenvalue weighted by molar-refractivity contribution is 9.10. The Bertz CT molecular complexity index is 295. The zero-order valence-electron chi connectivity index (χ0n) is 6.60. The molecule has 0 unspecified atom stereocenters. The topological polar surface area (TPSA) is 26.0 Å². The van der Waals surface area contributed by atoms with Gasteiger partial charge in [0.15, 0.2) is 0 Å². The van der Waals surface area contributed by atoms with Crippen LogP contribution < -0.4 is 5.73 Å². The largest absolute Gasteiger partial charge is 0.326 e. The molecule has 0 amide bonds. The summed E-state index contributed by atoms with van der Waals surface area (Å²) in [5.74, 6) is 2.43. The van der Waals surface area contributed by atoms with Crippen LogP contribution in [0.2, 0.25) is 0 Å². The molecule has 66 valence electrons. The maximum atomic E-state index is 5.64. The average Bonchev–Trinajstić information content (AvgIpc) is 2.44. The smallest absolute Gasteiger partial charge is 0.0370 e. The lowest BCUT2D eigenvalue weighted by Crippen LogP contribution is -1.97. The van der Waals surface area contributed by atoms with Crippen molar-refractivity contribution in [3.8, 4) is 0 Å². The summed E-state index contributed by atoms with van der Waals surface area (Å²) in [6, 6.07) is 0. The summed E-state index contributed by atoms with van der Waals surface area (Å²) in [5, 5.41) is 0. The van der Waals surface area contributed by atoms with Gasteiger partial charge in [0.25, 0.3) is 0 Å². The number of fused-ring (bicyclic) bond motifs is 1. The van der Waals surface area contributed by atoms with Gasteiger partial charge in [-0.05, 0) is 33.7 Å². The molecule has 0 bridgehead atoms. The zero-order valence-corrected chi connectivity index (χ0v) is 9.82. The lowest BCUT2D eigenvalue weighted by molar-refractivity contribution is 1.09. The molecule has 0 saturated carbocycles. The van der Waals surface area contributed by atoms with E-state index in [2.05, 4.69) is 15.9 Å². The summed E-state index contributed by atoms with van der Waals surface area (Å²) in [5.41, 5.74) is 7.13. The minimum atomic E-state index is 0.670. The molecule has 4 heteroatoms. The number of thioether (sulfide) groups is 1. The SMILES string of the molecule is NCc1sc2c(c1Br)CSCC2. The molecule has 0 aliphatic carbocycles. The van der Waals surface area contributed by atoms with E-state index in [0.29, 0.717) is 6.54 Å². The van der Waals surface area contributed by atoms with Crippen LogP contribution in [0.15, 0.2) is 4.47 Å². The van der Waals surface area contributed by atoms with Gasteiger partial charge >= 0.3 is 0 Å². The molecule has 0 radical (unpaired) electrons. The van der Waals surface area contributed by atoms with Crippen LogP contribution in [0.4, 0.5) is 0 Å². The highest BCUT2D eigenvalue weighted by Gasteiger charge is 2.18. The van der Waals surface area contributed by atoms with Crippen molar-refractivity contribution in [3.63, 3.8) is 0 Å². The summed E-state index contributed by atoms with van der Waals surface area (Å²) in [6.45, 7) is 0.670. The van der Waals surface area contributed by atoms with E-state index >= 15 is 0 Å². The maximum Gasteiger partial charge on any atom is 0.0370 e. The van der Waals surface area contributed by atoms with Crippen LogP contribution in [0, 0.1) is 0 Å². The van der Waals surface area contributed by atoms with Crippen molar-refractivity contribution >= 4 is 39.0 Å².